The molecule has 1 saturated heterocycles. The number of ether oxygens (including phenoxy) is 4. The van der Waals surface area contributed by atoms with Crippen molar-refractivity contribution < 1.29 is 23.7 Å². The third-order valence-corrected chi connectivity index (χ3v) is 5.05. The number of benzene rings is 1. The van der Waals surface area contributed by atoms with Crippen LogP contribution in [0.15, 0.2) is 47.8 Å². The number of carbonyl (C=O) groups is 1. The third-order valence-electron chi connectivity index (χ3n) is 4.29. The highest BCUT2D eigenvalue weighted by Gasteiger charge is 2.42. The summed E-state index contributed by atoms with van der Waals surface area (Å²) in [5.74, 6) is -0.375. The molecule has 1 unspecified atom stereocenters. The van der Waals surface area contributed by atoms with Crippen molar-refractivity contribution in [2.45, 2.75) is 52.3 Å². The number of rotatable bonds is 5. The molecule has 27 heavy (non-hydrogen) atoms. The van der Waals surface area contributed by atoms with Crippen LogP contribution in [0.2, 0.25) is 0 Å². The second-order valence-electron chi connectivity index (χ2n) is 7.70. The fourth-order valence-corrected chi connectivity index (χ4v) is 3.50. The molecule has 1 aliphatic rings. The molecular weight excluding hydrogens is 364 g/mol. The zero-order chi connectivity index (χ0) is 19.4. The SMILES string of the molecule is CC(OC(=O)c1ccccc1)[C@H]1O[C@@H](C(C)(C)C)OC[C@H]1Oc1cccs1. The van der Waals surface area contributed by atoms with Crippen molar-refractivity contribution in [2.75, 3.05) is 6.61 Å². The smallest absolute Gasteiger partial charge is 0.338 e. The van der Waals surface area contributed by atoms with Crippen LogP contribution in [0.1, 0.15) is 38.1 Å². The first-order valence-corrected chi connectivity index (χ1v) is 9.96. The molecule has 1 aromatic carbocycles. The zero-order valence-electron chi connectivity index (χ0n) is 16.1. The lowest BCUT2D eigenvalue weighted by atomic mass is 9.94. The van der Waals surface area contributed by atoms with Crippen LogP contribution in [0.5, 0.6) is 5.06 Å². The Balaban J connectivity index is 1.73. The average Bonchev–Trinajstić information content (AvgIpc) is 3.14. The van der Waals surface area contributed by atoms with E-state index < -0.39 is 18.5 Å². The lowest BCUT2D eigenvalue weighted by Crippen LogP contribution is -2.55. The van der Waals surface area contributed by atoms with Gasteiger partial charge in [-0.3, -0.25) is 0 Å². The molecule has 0 radical (unpaired) electrons. The standard InChI is InChI=1S/C21H26O5S/c1-14(24-19(22)15-9-6-5-7-10-15)18-16(25-17-11-8-12-27-17)13-23-20(26-18)21(2,3)4/h5-12,14,16,18,20H,13H2,1-4H3/t14?,16-,18-,20+/m1/s1. The molecule has 146 valence electrons. The number of hydrogen-bond donors (Lipinski definition) is 0. The first-order valence-electron chi connectivity index (χ1n) is 9.08. The predicted octanol–water partition coefficient (Wildman–Crippen LogP) is 4.53. The second kappa shape index (κ2) is 8.42. The summed E-state index contributed by atoms with van der Waals surface area (Å²) >= 11 is 1.51. The molecule has 1 aliphatic heterocycles. The summed E-state index contributed by atoms with van der Waals surface area (Å²) in [6.45, 7) is 8.36. The quantitative estimate of drug-likeness (QED) is 0.702. The minimum atomic E-state index is -0.489. The summed E-state index contributed by atoms with van der Waals surface area (Å²) in [4.78, 5) is 12.5. The Morgan fingerprint density at radius 1 is 1.19 bits per heavy atom. The van der Waals surface area contributed by atoms with Gasteiger partial charge in [-0.25, -0.2) is 4.79 Å². The van der Waals surface area contributed by atoms with Crippen LogP contribution in [0.3, 0.4) is 0 Å². The summed E-state index contributed by atoms with van der Waals surface area (Å²) < 4.78 is 23.8. The van der Waals surface area contributed by atoms with E-state index in [2.05, 4.69) is 20.8 Å². The molecule has 3 rings (SSSR count). The van der Waals surface area contributed by atoms with Gasteiger partial charge in [-0.05, 0) is 36.6 Å². The van der Waals surface area contributed by atoms with Gasteiger partial charge in [0.25, 0.3) is 0 Å². The number of carbonyl (C=O) groups excluding carboxylic acids is 1. The Hall–Kier alpha value is -1.89. The van der Waals surface area contributed by atoms with Crippen LogP contribution in [-0.2, 0) is 14.2 Å². The van der Waals surface area contributed by atoms with Gasteiger partial charge in [0.1, 0.15) is 12.2 Å². The molecule has 0 N–H and O–H groups in total. The van der Waals surface area contributed by atoms with Crippen molar-refractivity contribution in [3.05, 3.63) is 53.4 Å². The molecule has 6 heteroatoms. The van der Waals surface area contributed by atoms with Gasteiger partial charge < -0.3 is 18.9 Å². The predicted molar refractivity (Wildman–Crippen MR) is 104 cm³/mol. The zero-order valence-corrected chi connectivity index (χ0v) is 16.9. The maximum atomic E-state index is 12.5. The lowest BCUT2D eigenvalue weighted by Gasteiger charge is -2.42. The Morgan fingerprint density at radius 2 is 1.93 bits per heavy atom. The molecule has 0 aliphatic carbocycles. The van der Waals surface area contributed by atoms with Crippen LogP contribution < -0.4 is 4.74 Å². The van der Waals surface area contributed by atoms with Crippen LogP contribution in [-0.4, -0.2) is 37.2 Å². The maximum absolute atomic E-state index is 12.5. The van der Waals surface area contributed by atoms with Gasteiger partial charge in [0.2, 0.25) is 0 Å². The first-order chi connectivity index (χ1) is 12.8. The fourth-order valence-electron chi connectivity index (χ4n) is 2.87. The van der Waals surface area contributed by atoms with Crippen molar-refractivity contribution >= 4 is 17.3 Å². The van der Waals surface area contributed by atoms with Crippen molar-refractivity contribution in [1.82, 2.24) is 0 Å². The third kappa shape index (κ3) is 5.09. The molecule has 2 heterocycles. The molecule has 1 aromatic heterocycles. The van der Waals surface area contributed by atoms with E-state index in [4.69, 9.17) is 18.9 Å². The topological polar surface area (TPSA) is 54.0 Å². The van der Waals surface area contributed by atoms with E-state index in [1.165, 1.54) is 11.3 Å². The normalized spacial score (nSPS) is 24.2. The largest absolute Gasteiger partial charge is 0.476 e. The molecular formula is C21H26O5S. The van der Waals surface area contributed by atoms with Gasteiger partial charge in [0.05, 0.1) is 12.2 Å². The maximum Gasteiger partial charge on any atom is 0.338 e. The second-order valence-corrected chi connectivity index (χ2v) is 8.61. The van der Waals surface area contributed by atoms with Crippen molar-refractivity contribution in [1.29, 1.82) is 0 Å². The molecule has 5 nitrogen and oxygen atoms in total. The number of esters is 1. The fraction of sp³-hybridized carbons (Fsp3) is 0.476. The van der Waals surface area contributed by atoms with Gasteiger partial charge in [-0.15, -0.1) is 11.3 Å². The Bertz CT molecular complexity index is 723. The Morgan fingerprint density at radius 3 is 2.56 bits per heavy atom. The number of hydrogen-bond acceptors (Lipinski definition) is 6. The summed E-state index contributed by atoms with van der Waals surface area (Å²) in [6.07, 6.45) is -1.68. The van der Waals surface area contributed by atoms with E-state index in [0.29, 0.717) is 12.2 Å². The average molecular weight is 391 g/mol. The minimum Gasteiger partial charge on any atom is -0.476 e. The van der Waals surface area contributed by atoms with Crippen molar-refractivity contribution in [2.24, 2.45) is 5.41 Å². The van der Waals surface area contributed by atoms with E-state index in [-0.39, 0.29) is 17.5 Å². The van der Waals surface area contributed by atoms with Crippen molar-refractivity contribution in [3.8, 4) is 5.06 Å². The molecule has 1 fully saturated rings. The monoisotopic (exact) mass is 390 g/mol. The minimum absolute atomic E-state index is 0.199. The van der Waals surface area contributed by atoms with Gasteiger partial charge in [0.15, 0.2) is 17.5 Å². The van der Waals surface area contributed by atoms with E-state index in [9.17, 15) is 4.79 Å². The summed E-state index contributed by atoms with van der Waals surface area (Å²) in [7, 11) is 0. The molecule has 0 amide bonds. The van der Waals surface area contributed by atoms with Gasteiger partial charge in [-0.1, -0.05) is 39.0 Å². The van der Waals surface area contributed by atoms with Crippen molar-refractivity contribution in [3.63, 3.8) is 0 Å². The number of thiophene rings is 1. The first kappa shape index (κ1) is 19.9. The Kier molecular flexibility index (Phi) is 6.19. The van der Waals surface area contributed by atoms with E-state index in [0.717, 1.165) is 5.06 Å². The van der Waals surface area contributed by atoms with Crippen LogP contribution in [0.25, 0.3) is 0 Å². The summed E-state index contributed by atoms with van der Waals surface area (Å²) in [5.41, 5.74) is 0.314. The molecule has 2 aromatic rings. The van der Waals surface area contributed by atoms with Crippen LogP contribution in [0, 0.1) is 5.41 Å². The Labute approximate surface area is 164 Å². The van der Waals surface area contributed by atoms with Crippen LogP contribution in [0.4, 0.5) is 0 Å². The highest BCUT2D eigenvalue weighted by Crippen LogP contribution is 2.32. The van der Waals surface area contributed by atoms with Gasteiger partial charge in [-0.2, -0.15) is 0 Å². The molecule has 0 saturated carbocycles. The van der Waals surface area contributed by atoms with Crippen LogP contribution >= 0.6 is 11.3 Å². The van der Waals surface area contributed by atoms with Gasteiger partial charge in [0, 0.05) is 5.41 Å². The lowest BCUT2D eigenvalue weighted by molar-refractivity contribution is -0.293. The summed E-state index contributed by atoms with van der Waals surface area (Å²) in [5, 5.41) is 2.74. The van der Waals surface area contributed by atoms with Gasteiger partial charge >= 0.3 is 5.97 Å². The van der Waals surface area contributed by atoms with E-state index in [1.54, 1.807) is 12.1 Å². The van der Waals surface area contributed by atoms with E-state index in [1.807, 2.05) is 42.6 Å². The summed E-state index contributed by atoms with van der Waals surface area (Å²) in [6, 6.07) is 12.8. The molecule has 4 atom stereocenters. The molecule has 0 spiro atoms. The highest BCUT2D eigenvalue weighted by molar-refractivity contribution is 7.11. The highest BCUT2D eigenvalue weighted by atomic mass is 32.1. The van der Waals surface area contributed by atoms with E-state index >= 15 is 0 Å². The molecule has 0 bridgehead atoms.